The third kappa shape index (κ3) is 2.22. The zero-order valence-electron chi connectivity index (χ0n) is 11.5. The van der Waals surface area contributed by atoms with Gasteiger partial charge in [-0.2, -0.15) is 10.5 Å². The molecule has 0 saturated heterocycles. The van der Waals surface area contributed by atoms with Gasteiger partial charge >= 0.3 is 0 Å². The monoisotopic (exact) mass is 275 g/mol. The van der Waals surface area contributed by atoms with E-state index in [0.717, 1.165) is 24.8 Å². The topological polar surface area (TPSA) is 69.6 Å². The Morgan fingerprint density at radius 3 is 2.67 bits per heavy atom. The van der Waals surface area contributed by atoms with Crippen LogP contribution in [0.3, 0.4) is 0 Å². The minimum atomic E-state index is -0.406. The summed E-state index contributed by atoms with van der Waals surface area (Å²) in [5.74, 6) is 0. The van der Waals surface area contributed by atoms with E-state index in [1.807, 2.05) is 18.2 Å². The highest BCUT2D eigenvalue weighted by Gasteiger charge is 2.14. The molecule has 1 aliphatic rings. The van der Waals surface area contributed by atoms with Crippen LogP contribution in [0, 0.1) is 22.7 Å². The van der Waals surface area contributed by atoms with Crippen molar-refractivity contribution in [3.05, 3.63) is 57.4 Å². The van der Waals surface area contributed by atoms with Crippen molar-refractivity contribution in [1.29, 1.82) is 10.5 Å². The summed E-state index contributed by atoms with van der Waals surface area (Å²) in [4.78, 5) is 12.2. The van der Waals surface area contributed by atoms with E-state index in [4.69, 9.17) is 10.5 Å². The first kappa shape index (κ1) is 13.1. The zero-order chi connectivity index (χ0) is 14.8. The fraction of sp³-hybridized carbons (Fsp3) is 0.235. The Labute approximate surface area is 122 Å². The smallest absolute Gasteiger partial charge is 0.269 e. The van der Waals surface area contributed by atoms with Gasteiger partial charge in [0.15, 0.2) is 0 Å². The zero-order valence-corrected chi connectivity index (χ0v) is 11.5. The van der Waals surface area contributed by atoms with E-state index in [-0.39, 0.29) is 12.1 Å². The quantitative estimate of drug-likeness (QED) is 0.845. The normalized spacial score (nSPS) is 12.5. The molecule has 0 N–H and O–H groups in total. The first-order valence-electron chi connectivity index (χ1n) is 6.87. The van der Waals surface area contributed by atoms with Crippen molar-refractivity contribution in [2.45, 2.75) is 25.8 Å². The molecule has 102 valence electrons. The van der Waals surface area contributed by atoms with Gasteiger partial charge in [-0.15, -0.1) is 0 Å². The maximum absolute atomic E-state index is 12.2. The molecular formula is C17H13N3O. The number of fused-ring (bicyclic) bond motifs is 1. The van der Waals surface area contributed by atoms with Crippen LogP contribution in [-0.2, 0) is 19.4 Å². The van der Waals surface area contributed by atoms with Gasteiger partial charge in [-0.25, -0.2) is 0 Å². The van der Waals surface area contributed by atoms with Crippen LogP contribution in [0.5, 0.6) is 0 Å². The van der Waals surface area contributed by atoms with E-state index in [9.17, 15) is 4.79 Å². The molecule has 0 unspecified atom stereocenters. The molecule has 0 radical (unpaired) electrons. The summed E-state index contributed by atoms with van der Waals surface area (Å²) >= 11 is 0. The average molecular weight is 275 g/mol. The predicted octanol–water partition coefficient (Wildman–Crippen LogP) is 2.40. The highest BCUT2D eigenvalue weighted by Crippen LogP contribution is 2.27. The third-order valence-electron chi connectivity index (χ3n) is 3.92. The highest BCUT2D eigenvalue weighted by molar-refractivity contribution is 5.63. The van der Waals surface area contributed by atoms with Gasteiger partial charge in [0.1, 0.15) is 18.2 Å². The van der Waals surface area contributed by atoms with Gasteiger partial charge in [-0.1, -0.05) is 12.1 Å². The van der Waals surface area contributed by atoms with Gasteiger partial charge in [-0.05, 0) is 54.2 Å². The van der Waals surface area contributed by atoms with Crippen molar-refractivity contribution in [3.63, 3.8) is 0 Å². The molecular weight excluding hydrogens is 262 g/mol. The number of hydrogen-bond donors (Lipinski definition) is 0. The Hall–Kier alpha value is -2.85. The second-order valence-electron chi connectivity index (χ2n) is 5.13. The lowest BCUT2D eigenvalue weighted by atomic mass is 10.0. The minimum Gasteiger partial charge on any atom is -0.293 e. The molecule has 0 fully saturated rings. The molecule has 0 atom stereocenters. The van der Waals surface area contributed by atoms with Crippen molar-refractivity contribution in [2.75, 3.05) is 0 Å². The summed E-state index contributed by atoms with van der Waals surface area (Å²) in [7, 11) is 0. The Balaban J connectivity index is 2.19. The van der Waals surface area contributed by atoms with Crippen molar-refractivity contribution in [2.24, 2.45) is 0 Å². The summed E-state index contributed by atoms with van der Waals surface area (Å²) in [6.45, 7) is -0.0548. The summed E-state index contributed by atoms with van der Waals surface area (Å²) < 4.78 is 1.37. The van der Waals surface area contributed by atoms with Crippen LogP contribution in [0.2, 0.25) is 0 Å². The molecule has 1 heterocycles. The van der Waals surface area contributed by atoms with Crippen molar-refractivity contribution >= 4 is 0 Å². The maximum atomic E-state index is 12.2. The first-order valence-corrected chi connectivity index (χ1v) is 6.87. The fourth-order valence-electron chi connectivity index (χ4n) is 2.87. The molecule has 21 heavy (non-hydrogen) atoms. The molecule has 0 bridgehead atoms. The third-order valence-corrected chi connectivity index (χ3v) is 3.92. The van der Waals surface area contributed by atoms with E-state index in [1.165, 1.54) is 21.8 Å². The van der Waals surface area contributed by atoms with Gasteiger partial charge < -0.3 is 0 Å². The van der Waals surface area contributed by atoms with E-state index in [2.05, 4.69) is 12.1 Å². The van der Waals surface area contributed by atoms with E-state index in [1.54, 1.807) is 6.07 Å². The van der Waals surface area contributed by atoms with Crippen LogP contribution in [0.25, 0.3) is 11.3 Å². The van der Waals surface area contributed by atoms with E-state index in [0.29, 0.717) is 5.69 Å². The van der Waals surface area contributed by atoms with Crippen LogP contribution in [0.4, 0.5) is 0 Å². The van der Waals surface area contributed by atoms with Gasteiger partial charge in [0.05, 0.1) is 11.8 Å². The van der Waals surface area contributed by atoms with Gasteiger partial charge in [0, 0.05) is 0 Å². The van der Waals surface area contributed by atoms with Crippen molar-refractivity contribution in [3.8, 4) is 23.4 Å². The Bertz CT molecular complexity index is 850. The molecule has 0 amide bonds. The number of aromatic nitrogens is 1. The highest BCUT2D eigenvalue weighted by atomic mass is 16.1. The van der Waals surface area contributed by atoms with Crippen LogP contribution in [0.1, 0.15) is 23.1 Å². The number of rotatable bonds is 2. The molecule has 1 aromatic carbocycles. The molecule has 0 spiro atoms. The molecule has 4 heteroatoms. The number of pyridine rings is 1. The van der Waals surface area contributed by atoms with Gasteiger partial charge in [0.25, 0.3) is 5.56 Å². The molecule has 3 rings (SSSR count). The molecule has 4 nitrogen and oxygen atoms in total. The van der Waals surface area contributed by atoms with Crippen molar-refractivity contribution in [1.82, 2.24) is 4.57 Å². The SMILES string of the molecule is N#CCn1c(-c2ccc3c(c2)CCC3)ccc(C#N)c1=O. The molecule has 0 aliphatic heterocycles. The summed E-state index contributed by atoms with van der Waals surface area (Å²) in [6, 6.07) is 13.3. The van der Waals surface area contributed by atoms with Crippen molar-refractivity contribution < 1.29 is 0 Å². The molecule has 2 aromatic rings. The lowest BCUT2D eigenvalue weighted by Crippen LogP contribution is -2.23. The fourth-order valence-corrected chi connectivity index (χ4v) is 2.87. The summed E-state index contributed by atoms with van der Waals surface area (Å²) in [5.41, 5.74) is 3.95. The second-order valence-corrected chi connectivity index (χ2v) is 5.13. The van der Waals surface area contributed by atoms with Gasteiger partial charge in [0.2, 0.25) is 0 Å². The second kappa shape index (κ2) is 5.26. The van der Waals surface area contributed by atoms with E-state index < -0.39 is 5.56 Å². The maximum Gasteiger partial charge on any atom is 0.269 e. The number of nitriles is 2. The number of nitrogens with zero attached hydrogens (tertiary/aromatic N) is 3. The number of benzene rings is 1. The van der Waals surface area contributed by atoms with Crippen LogP contribution in [0.15, 0.2) is 35.1 Å². The molecule has 1 aliphatic carbocycles. The minimum absolute atomic E-state index is 0.0548. The van der Waals surface area contributed by atoms with E-state index >= 15 is 0 Å². The van der Waals surface area contributed by atoms with Gasteiger partial charge in [-0.3, -0.25) is 9.36 Å². The molecule has 1 aromatic heterocycles. The molecule has 0 saturated carbocycles. The number of aryl methyl sites for hydroxylation is 2. The Kier molecular flexibility index (Phi) is 3.30. The predicted molar refractivity (Wildman–Crippen MR) is 78.5 cm³/mol. The first-order chi connectivity index (χ1) is 10.2. The summed E-state index contributed by atoms with van der Waals surface area (Å²) in [5, 5.41) is 17.9. The van der Waals surface area contributed by atoms with Crippen LogP contribution >= 0.6 is 0 Å². The summed E-state index contributed by atoms with van der Waals surface area (Å²) in [6.07, 6.45) is 3.33. The Morgan fingerprint density at radius 1 is 1.10 bits per heavy atom. The lowest BCUT2D eigenvalue weighted by molar-refractivity contribution is 0.794. The number of hydrogen-bond acceptors (Lipinski definition) is 3. The van der Waals surface area contributed by atoms with Crippen LogP contribution < -0.4 is 5.56 Å². The standard InChI is InChI=1S/C17H13N3O/c18-8-9-20-16(7-6-15(11-19)17(20)21)14-5-4-12-2-1-3-13(12)10-14/h4-7,10H,1-3,9H2. The van der Waals surface area contributed by atoms with Crippen LogP contribution in [-0.4, -0.2) is 4.57 Å². The lowest BCUT2D eigenvalue weighted by Gasteiger charge is -2.11. The average Bonchev–Trinajstić information content (AvgIpc) is 2.97. The Morgan fingerprint density at radius 2 is 1.90 bits per heavy atom. The largest absolute Gasteiger partial charge is 0.293 e.